The van der Waals surface area contributed by atoms with E-state index in [9.17, 15) is 13.2 Å². The Morgan fingerprint density at radius 2 is 1.84 bits per heavy atom. The molecule has 0 amide bonds. The minimum absolute atomic E-state index is 0.0659. The molecule has 0 bridgehead atoms. The van der Waals surface area contributed by atoms with E-state index in [4.69, 9.17) is 21.1 Å². The molecule has 3 aromatic rings. The van der Waals surface area contributed by atoms with Crippen LogP contribution in [0.4, 0.5) is 0 Å². The van der Waals surface area contributed by atoms with Crippen molar-refractivity contribution in [3.63, 3.8) is 0 Å². The molecule has 9 heteroatoms. The number of methoxy groups -OCH3 is 1. The number of esters is 1. The van der Waals surface area contributed by atoms with Crippen LogP contribution in [0.15, 0.2) is 59.5 Å². The molecule has 0 spiro atoms. The van der Waals surface area contributed by atoms with Gasteiger partial charge in [-0.05, 0) is 43.7 Å². The first-order valence-corrected chi connectivity index (χ1v) is 12.1. The predicted octanol–water partition coefficient (Wildman–Crippen LogP) is 4.12. The summed E-state index contributed by atoms with van der Waals surface area (Å²) in [6, 6.07) is 15.9. The molecule has 0 N–H and O–H groups in total. The summed E-state index contributed by atoms with van der Waals surface area (Å²) in [6.07, 6.45) is 1.17. The fraction of sp³-hybridized carbons (Fsp3) is 0.304. The number of halogens is 1. The van der Waals surface area contributed by atoms with Gasteiger partial charge in [-0.1, -0.05) is 41.9 Å². The van der Waals surface area contributed by atoms with Gasteiger partial charge in [0.05, 0.1) is 36.5 Å². The largest absolute Gasteiger partial charge is 0.467 e. The molecule has 0 aliphatic carbocycles. The average molecular weight is 477 g/mol. The van der Waals surface area contributed by atoms with Gasteiger partial charge in [0.25, 0.3) is 0 Å². The molecule has 0 fully saturated rings. The zero-order chi connectivity index (χ0) is 23.5. The SMILES string of the molecule is COC(=O)C(C)(C)OCc1cc(-c2cccc(S(C)(=O)=O)c2)n(Cc2ccccc2Cl)n1. The Morgan fingerprint density at radius 3 is 2.50 bits per heavy atom. The van der Waals surface area contributed by atoms with Gasteiger partial charge in [0.15, 0.2) is 15.4 Å². The van der Waals surface area contributed by atoms with E-state index in [1.54, 1.807) is 42.8 Å². The number of carbonyl (C=O) groups is 1. The van der Waals surface area contributed by atoms with Crippen LogP contribution in [0, 0.1) is 0 Å². The molecule has 2 aromatic carbocycles. The first-order valence-electron chi connectivity index (χ1n) is 9.84. The first-order chi connectivity index (χ1) is 15.0. The van der Waals surface area contributed by atoms with Gasteiger partial charge in [0.2, 0.25) is 0 Å². The highest BCUT2D eigenvalue weighted by Gasteiger charge is 2.30. The van der Waals surface area contributed by atoms with Crippen LogP contribution < -0.4 is 0 Å². The van der Waals surface area contributed by atoms with Crippen molar-refractivity contribution in [2.24, 2.45) is 0 Å². The Morgan fingerprint density at radius 1 is 1.12 bits per heavy atom. The fourth-order valence-electron chi connectivity index (χ4n) is 3.13. The second-order valence-corrected chi connectivity index (χ2v) is 10.3. The smallest absolute Gasteiger partial charge is 0.337 e. The van der Waals surface area contributed by atoms with Crippen molar-refractivity contribution in [1.29, 1.82) is 0 Å². The van der Waals surface area contributed by atoms with Crippen molar-refractivity contribution >= 4 is 27.4 Å². The number of hydrogen-bond acceptors (Lipinski definition) is 6. The highest BCUT2D eigenvalue weighted by atomic mass is 35.5. The van der Waals surface area contributed by atoms with Gasteiger partial charge in [-0.25, -0.2) is 13.2 Å². The lowest BCUT2D eigenvalue weighted by Crippen LogP contribution is -2.35. The summed E-state index contributed by atoms with van der Waals surface area (Å²) in [7, 11) is -2.07. The van der Waals surface area contributed by atoms with Crippen LogP contribution in [0.25, 0.3) is 11.3 Å². The maximum Gasteiger partial charge on any atom is 0.337 e. The highest BCUT2D eigenvalue weighted by Crippen LogP contribution is 2.27. The summed E-state index contributed by atoms with van der Waals surface area (Å²) >= 11 is 6.34. The molecule has 7 nitrogen and oxygen atoms in total. The van der Waals surface area contributed by atoms with Crippen LogP contribution in [-0.4, -0.2) is 43.1 Å². The lowest BCUT2D eigenvalue weighted by Gasteiger charge is -2.21. The van der Waals surface area contributed by atoms with Crippen molar-refractivity contribution in [3.8, 4) is 11.3 Å². The maximum atomic E-state index is 12.0. The van der Waals surface area contributed by atoms with Gasteiger partial charge < -0.3 is 9.47 Å². The summed E-state index contributed by atoms with van der Waals surface area (Å²) in [6.45, 7) is 3.68. The Bertz CT molecular complexity index is 1230. The number of aromatic nitrogens is 2. The normalized spacial score (nSPS) is 12.0. The molecular formula is C23H25ClN2O5S. The van der Waals surface area contributed by atoms with Crippen LogP contribution in [0.3, 0.4) is 0 Å². The van der Waals surface area contributed by atoms with E-state index in [1.165, 1.54) is 13.4 Å². The molecular weight excluding hydrogens is 452 g/mol. The summed E-state index contributed by atoms with van der Waals surface area (Å²) < 4.78 is 36.4. The number of ether oxygens (including phenoxy) is 2. The molecule has 3 rings (SSSR count). The van der Waals surface area contributed by atoms with Crippen LogP contribution >= 0.6 is 11.6 Å². The summed E-state index contributed by atoms with van der Waals surface area (Å²) in [5, 5.41) is 5.23. The quantitative estimate of drug-likeness (QED) is 0.454. The topological polar surface area (TPSA) is 87.5 Å². The number of sulfone groups is 1. The highest BCUT2D eigenvalue weighted by molar-refractivity contribution is 7.90. The minimum atomic E-state index is -3.37. The molecule has 0 aliphatic rings. The third-order valence-electron chi connectivity index (χ3n) is 4.92. The molecule has 1 heterocycles. The molecule has 0 radical (unpaired) electrons. The Hall–Kier alpha value is -2.68. The molecule has 0 saturated carbocycles. The van der Waals surface area contributed by atoms with Crippen molar-refractivity contribution in [2.45, 2.75) is 37.5 Å². The molecule has 0 atom stereocenters. The zero-order valence-corrected chi connectivity index (χ0v) is 19.9. The lowest BCUT2D eigenvalue weighted by molar-refractivity contribution is -0.166. The predicted molar refractivity (Wildman–Crippen MR) is 122 cm³/mol. The second-order valence-electron chi connectivity index (χ2n) is 7.86. The van der Waals surface area contributed by atoms with Crippen molar-refractivity contribution in [1.82, 2.24) is 9.78 Å². The number of carbonyl (C=O) groups excluding carboxylic acids is 1. The number of benzene rings is 2. The summed E-state index contributed by atoms with van der Waals surface area (Å²) in [4.78, 5) is 12.1. The van der Waals surface area contributed by atoms with Crippen LogP contribution in [0.5, 0.6) is 0 Å². The van der Waals surface area contributed by atoms with Crippen molar-refractivity contribution < 1.29 is 22.7 Å². The number of nitrogens with zero attached hydrogens (tertiary/aromatic N) is 2. The zero-order valence-electron chi connectivity index (χ0n) is 18.3. The Balaban J connectivity index is 2.01. The van der Waals surface area contributed by atoms with E-state index in [2.05, 4.69) is 5.10 Å². The number of rotatable bonds is 8. The average Bonchev–Trinajstić information content (AvgIpc) is 3.15. The van der Waals surface area contributed by atoms with E-state index in [0.717, 1.165) is 5.56 Å². The second kappa shape index (κ2) is 9.44. The number of hydrogen-bond donors (Lipinski definition) is 0. The molecule has 170 valence electrons. The van der Waals surface area contributed by atoms with E-state index in [0.29, 0.717) is 28.5 Å². The maximum absolute atomic E-state index is 12.0. The third-order valence-corrected chi connectivity index (χ3v) is 6.40. The van der Waals surface area contributed by atoms with Gasteiger partial charge >= 0.3 is 5.97 Å². The van der Waals surface area contributed by atoms with E-state index in [-0.39, 0.29) is 11.5 Å². The fourth-order valence-corrected chi connectivity index (χ4v) is 3.99. The molecule has 0 saturated heterocycles. The van der Waals surface area contributed by atoms with E-state index >= 15 is 0 Å². The molecule has 0 aliphatic heterocycles. The van der Waals surface area contributed by atoms with Gasteiger partial charge in [0.1, 0.15) is 0 Å². The van der Waals surface area contributed by atoms with Gasteiger partial charge in [-0.3, -0.25) is 4.68 Å². The van der Waals surface area contributed by atoms with E-state index in [1.807, 2.05) is 30.3 Å². The van der Waals surface area contributed by atoms with Crippen molar-refractivity contribution in [3.05, 3.63) is 70.9 Å². The molecule has 0 unspecified atom stereocenters. The molecule has 32 heavy (non-hydrogen) atoms. The minimum Gasteiger partial charge on any atom is -0.467 e. The van der Waals surface area contributed by atoms with E-state index < -0.39 is 21.4 Å². The third kappa shape index (κ3) is 5.56. The van der Waals surface area contributed by atoms with Crippen molar-refractivity contribution in [2.75, 3.05) is 13.4 Å². The monoisotopic (exact) mass is 476 g/mol. The Kier molecular flexibility index (Phi) is 7.07. The van der Waals surface area contributed by atoms with Gasteiger partial charge in [-0.15, -0.1) is 0 Å². The molecule has 1 aromatic heterocycles. The van der Waals surface area contributed by atoms with Crippen LogP contribution in [-0.2, 0) is 37.3 Å². The van der Waals surface area contributed by atoms with Gasteiger partial charge in [-0.2, -0.15) is 5.10 Å². The Labute approximate surface area is 192 Å². The van der Waals surface area contributed by atoms with Gasteiger partial charge in [0, 0.05) is 16.8 Å². The lowest BCUT2D eigenvalue weighted by atomic mass is 10.1. The first kappa shape index (κ1) is 24.0. The summed E-state index contributed by atoms with van der Waals surface area (Å²) in [5.41, 5.74) is 1.68. The van der Waals surface area contributed by atoms with Crippen LogP contribution in [0.2, 0.25) is 5.02 Å². The summed E-state index contributed by atoms with van der Waals surface area (Å²) in [5.74, 6) is -0.492. The standard InChI is InChI=1S/C23H25ClN2O5S/c1-23(2,22(27)30-3)31-15-18-13-21(16-9-7-10-19(12-16)32(4,28)29)26(25-18)14-17-8-5-6-11-20(17)24/h5-13H,14-15H2,1-4H3. The van der Waals surface area contributed by atoms with Crippen LogP contribution in [0.1, 0.15) is 25.1 Å².